The second kappa shape index (κ2) is 7.19. The molecule has 0 aromatic carbocycles. The molecule has 0 spiro atoms. The van der Waals surface area contributed by atoms with Crippen LogP contribution in [0.25, 0.3) is 0 Å². The Labute approximate surface area is 137 Å². The van der Waals surface area contributed by atoms with E-state index in [2.05, 4.69) is 36.6 Å². The predicted molar refractivity (Wildman–Crippen MR) is 94.2 cm³/mol. The summed E-state index contributed by atoms with van der Waals surface area (Å²) in [6.07, 6.45) is 12.6. The number of likely N-dealkylation sites (N-methyl/N-ethyl adjacent to an activating group) is 1. The highest BCUT2D eigenvalue weighted by Gasteiger charge is 2.40. The minimum absolute atomic E-state index is 0.397. The van der Waals surface area contributed by atoms with E-state index >= 15 is 0 Å². The Morgan fingerprint density at radius 2 is 1.95 bits per heavy atom. The van der Waals surface area contributed by atoms with Crippen molar-refractivity contribution in [1.29, 1.82) is 0 Å². The number of hydrogen-bond acceptors (Lipinski definition) is 3. The smallest absolute Gasteiger partial charge is 0.0330 e. The van der Waals surface area contributed by atoms with Crippen LogP contribution in [0, 0.1) is 11.8 Å². The Morgan fingerprint density at radius 3 is 2.64 bits per heavy atom. The lowest BCUT2D eigenvalue weighted by Gasteiger charge is -2.46. The van der Waals surface area contributed by atoms with Gasteiger partial charge in [0.2, 0.25) is 0 Å². The molecule has 0 aromatic heterocycles. The maximum Gasteiger partial charge on any atom is 0.0330 e. The van der Waals surface area contributed by atoms with E-state index in [4.69, 9.17) is 0 Å². The van der Waals surface area contributed by atoms with Gasteiger partial charge < -0.3 is 15.5 Å². The average molecular weight is 308 g/mol. The molecule has 0 aromatic rings. The first-order valence-corrected chi connectivity index (χ1v) is 9.75. The molecule has 3 nitrogen and oxygen atoms in total. The number of rotatable bonds is 5. The summed E-state index contributed by atoms with van der Waals surface area (Å²) in [5.74, 6) is 1.76. The zero-order valence-corrected chi connectivity index (χ0v) is 15.0. The van der Waals surface area contributed by atoms with Gasteiger partial charge in [-0.15, -0.1) is 0 Å². The quantitative estimate of drug-likeness (QED) is 0.817. The summed E-state index contributed by atoms with van der Waals surface area (Å²) >= 11 is 0. The molecule has 3 heteroatoms. The van der Waals surface area contributed by atoms with Crippen molar-refractivity contribution >= 4 is 0 Å². The SMILES string of the molecule is CC1CCCC(CNC2CCCC2C2CCCN2)(N(C)C)C1. The van der Waals surface area contributed by atoms with Crippen molar-refractivity contribution in [2.24, 2.45) is 11.8 Å². The highest BCUT2D eigenvalue weighted by molar-refractivity contribution is 4.98. The first-order valence-electron chi connectivity index (χ1n) is 9.75. The van der Waals surface area contributed by atoms with E-state index in [1.165, 1.54) is 70.9 Å². The van der Waals surface area contributed by atoms with Crippen LogP contribution in [-0.2, 0) is 0 Å². The molecule has 5 atom stereocenters. The van der Waals surface area contributed by atoms with Gasteiger partial charge in [0.25, 0.3) is 0 Å². The summed E-state index contributed by atoms with van der Waals surface area (Å²) in [4.78, 5) is 2.52. The van der Waals surface area contributed by atoms with Crippen molar-refractivity contribution in [2.45, 2.75) is 82.3 Å². The van der Waals surface area contributed by atoms with E-state index in [1.54, 1.807) is 0 Å². The Morgan fingerprint density at radius 1 is 1.09 bits per heavy atom. The zero-order chi connectivity index (χ0) is 15.6. The Bertz CT molecular complexity index is 351. The molecule has 3 fully saturated rings. The van der Waals surface area contributed by atoms with Gasteiger partial charge in [-0.05, 0) is 71.0 Å². The van der Waals surface area contributed by atoms with Gasteiger partial charge in [-0.2, -0.15) is 0 Å². The third-order valence-corrected chi connectivity index (χ3v) is 6.89. The summed E-state index contributed by atoms with van der Waals surface area (Å²) in [6, 6.07) is 1.55. The fourth-order valence-corrected chi connectivity index (χ4v) is 5.48. The van der Waals surface area contributed by atoms with Gasteiger partial charge in [0, 0.05) is 24.2 Å². The van der Waals surface area contributed by atoms with Crippen molar-refractivity contribution in [2.75, 3.05) is 27.2 Å². The van der Waals surface area contributed by atoms with Gasteiger partial charge in [0.1, 0.15) is 0 Å². The van der Waals surface area contributed by atoms with E-state index in [0.29, 0.717) is 5.54 Å². The summed E-state index contributed by atoms with van der Waals surface area (Å²) in [7, 11) is 4.59. The number of hydrogen-bond donors (Lipinski definition) is 2. The van der Waals surface area contributed by atoms with E-state index < -0.39 is 0 Å². The van der Waals surface area contributed by atoms with Gasteiger partial charge in [-0.3, -0.25) is 0 Å². The van der Waals surface area contributed by atoms with Gasteiger partial charge >= 0.3 is 0 Å². The van der Waals surface area contributed by atoms with Crippen LogP contribution in [0.1, 0.15) is 64.7 Å². The fourth-order valence-electron chi connectivity index (χ4n) is 5.48. The monoisotopic (exact) mass is 307 g/mol. The van der Waals surface area contributed by atoms with Crippen LogP contribution in [0.2, 0.25) is 0 Å². The molecule has 5 unspecified atom stereocenters. The third-order valence-electron chi connectivity index (χ3n) is 6.89. The standard InChI is InChI=1S/C19H37N3/c1-15-7-5-11-19(13-15,22(2)3)14-21-18-9-4-8-16(18)17-10-6-12-20-17/h15-18,20-21H,4-14H2,1-3H3. The van der Waals surface area contributed by atoms with E-state index in [0.717, 1.165) is 23.9 Å². The first-order chi connectivity index (χ1) is 10.6. The maximum absolute atomic E-state index is 4.04. The Kier molecular flexibility index (Phi) is 5.47. The minimum atomic E-state index is 0.397. The van der Waals surface area contributed by atoms with Crippen LogP contribution >= 0.6 is 0 Å². The van der Waals surface area contributed by atoms with Crippen molar-refractivity contribution in [1.82, 2.24) is 15.5 Å². The molecule has 22 heavy (non-hydrogen) atoms. The molecule has 0 amide bonds. The largest absolute Gasteiger partial charge is 0.314 e. The summed E-state index contributed by atoms with van der Waals surface area (Å²) in [5.41, 5.74) is 0.397. The molecule has 1 heterocycles. The predicted octanol–water partition coefficient (Wildman–Crippen LogP) is 3.01. The fraction of sp³-hybridized carbons (Fsp3) is 1.00. The third kappa shape index (κ3) is 3.52. The maximum atomic E-state index is 4.04. The lowest BCUT2D eigenvalue weighted by Crippen LogP contribution is -2.56. The van der Waals surface area contributed by atoms with E-state index in [9.17, 15) is 0 Å². The molecule has 2 aliphatic carbocycles. The highest BCUT2D eigenvalue weighted by atomic mass is 15.2. The van der Waals surface area contributed by atoms with Crippen molar-refractivity contribution < 1.29 is 0 Å². The highest BCUT2D eigenvalue weighted by Crippen LogP contribution is 2.37. The lowest BCUT2D eigenvalue weighted by molar-refractivity contribution is 0.0699. The molecular weight excluding hydrogens is 270 g/mol. The molecule has 1 aliphatic heterocycles. The van der Waals surface area contributed by atoms with E-state index in [1.807, 2.05) is 0 Å². The molecule has 2 N–H and O–H groups in total. The van der Waals surface area contributed by atoms with Crippen LogP contribution in [0.4, 0.5) is 0 Å². The molecule has 128 valence electrons. The summed E-state index contributed by atoms with van der Waals surface area (Å²) in [6.45, 7) is 4.88. The zero-order valence-electron chi connectivity index (χ0n) is 15.0. The molecule has 0 bridgehead atoms. The van der Waals surface area contributed by atoms with Crippen molar-refractivity contribution in [3.63, 3.8) is 0 Å². The topological polar surface area (TPSA) is 27.3 Å². The molecule has 2 saturated carbocycles. The van der Waals surface area contributed by atoms with Gasteiger partial charge in [-0.25, -0.2) is 0 Å². The normalized spacial score (nSPS) is 43.1. The second-order valence-corrected chi connectivity index (χ2v) is 8.61. The van der Waals surface area contributed by atoms with Crippen molar-refractivity contribution in [3.8, 4) is 0 Å². The second-order valence-electron chi connectivity index (χ2n) is 8.61. The van der Waals surface area contributed by atoms with Crippen LogP contribution in [-0.4, -0.2) is 49.7 Å². The van der Waals surface area contributed by atoms with Crippen LogP contribution in [0.3, 0.4) is 0 Å². The minimum Gasteiger partial charge on any atom is -0.314 e. The number of nitrogens with one attached hydrogen (secondary N) is 2. The first kappa shape index (κ1) is 16.7. The number of nitrogens with zero attached hydrogens (tertiary/aromatic N) is 1. The lowest BCUT2D eigenvalue weighted by atomic mass is 9.75. The van der Waals surface area contributed by atoms with Crippen LogP contribution in [0.5, 0.6) is 0 Å². The molecule has 1 saturated heterocycles. The summed E-state index contributed by atoms with van der Waals surface area (Å²) in [5, 5.41) is 7.79. The summed E-state index contributed by atoms with van der Waals surface area (Å²) < 4.78 is 0. The Hall–Kier alpha value is -0.120. The van der Waals surface area contributed by atoms with Gasteiger partial charge in [-0.1, -0.05) is 26.2 Å². The van der Waals surface area contributed by atoms with Gasteiger partial charge in [0.15, 0.2) is 0 Å². The molecule has 0 radical (unpaired) electrons. The average Bonchev–Trinajstić information content (AvgIpc) is 3.15. The molecule has 3 aliphatic rings. The Balaban J connectivity index is 1.59. The van der Waals surface area contributed by atoms with Crippen molar-refractivity contribution in [3.05, 3.63) is 0 Å². The molecular formula is C19H37N3. The van der Waals surface area contributed by atoms with E-state index in [-0.39, 0.29) is 0 Å². The van der Waals surface area contributed by atoms with Crippen LogP contribution in [0.15, 0.2) is 0 Å². The molecule has 3 rings (SSSR count). The van der Waals surface area contributed by atoms with Gasteiger partial charge in [0.05, 0.1) is 0 Å². The van der Waals surface area contributed by atoms with Crippen LogP contribution < -0.4 is 10.6 Å².